The molecular formula is C14H17N3O. The number of primary amides is 1. The van der Waals surface area contributed by atoms with E-state index in [1.807, 2.05) is 32.3 Å². The lowest BCUT2D eigenvalue weighted by Crippen LogP contribution is -2.12. The molecule has 1 amide bonds. The molecule has 0 spiro atoms. The Morgan fingerprint density at radius 2 is 2.06 bits per heavy atom. The average molecular weight is 243 g/mol. The molecule has 0 unspecified atom stereocenters. The number of rotatable bonds is 3. The molecule has 0 aliphatic heterocycles. The van der Waals surface area contributed by atoms with Crippen LogP contribution in [0, 0.1) is 20.8 Å². The van der Waals surface area contributed by atoms with Crippen molar-refractivity contribution in [1.82, 2.24) is 9.55 Å². The van der Waals surface area contributed by atoms with E-state index in [-0.39, 0.29) is 5.91 Å². The van der Waals surface area contributed by atoms with Crippen LogP contribution in [0.1, 0.15) is 32.9 Å². The van der Waals surface area contributed by atoms with Crippen LogP contribution in [0.5, 0.6) is 0 Å². The first-order chi connectivity index (χ1) is 8.49. The summed E-state index contributed by atoms with van der Waals surface area (Å²) in [5.74, 6) is -0.390. The lowest BCUT2D eigenvalue weighted by atomic mass is 10.0. The van der Waals surface area contributed by atoms with Crippen LogP contribution >= 0.6 is 0 Å². The Morgan fingerprint density at radius 3 is 2.56 bits per heavy atom. The molecule has 18 heavy (non-hydrogen) atoms. The van der Waals surface area contributed by atoms with Gasteiger partial charge < -0.3 is 10.3 Å². The van der Waals surface area contributed by atoms with Crippen LogP contribution < -0.4 is 5.73 Å². The molecule has 0 saturated heterocycles. The van der Waals surface area contributed by atoms with Gasteiger partial charge in [-0.2, -0.15) is 0 Å². The highest BCUT2D eigenvalue weighted by Gasteiger charge is 2.07. The first-order valence-electron chi connectivity index (χ1n) is 5.86. The maximum atomic E-state index is 11.1. The summed E-state index contributed by atoms with van der Waals surface area (Å²) in [4.78, 5) is 15.4. The molecule has 2 N–H and O–H groups in total. The fourth-order valence-electron chi connectivity index (χ4n) is 1.91. The number of benzene rings is 1. The Balaban J connectivity index is 2.30. The third-order valence-corrected chi connectivity index (χ3v) is 3.31. The number of carbonyl (C=O) groups is 1. The smallest absolute Gasteiger partial charge is 0.248 e. The second-order valence-electron chi connectivity index (χ2n) is 4.55. The predicted octanol–water partition coefficient (Wildman–Crippen LogP) is 1.96. The minimum absolute atomic E-state index is 0.390. The highest BCUT2D eigenvalue weighted by Crippen LogP contribution is 2.14. The molecule has 2 rings (SSSR count). The van der Waals surface area contributed by atoms with Crippen LogP contribution in [0.4, 0.5) is 0 Å². The number of aryl methyl sites for hydroxylation is 2. The minimum atomic E-state index is -0.390. The van der Waals surface area contributed by atoms with Gasteiger partial charge in [0.1, 0.15) is 0 Å². The Labute approximate surface area is 106 Å². The van der Waals surface area contributed by atoms with Crippen molar-refractivity contribution in [3.63, 3.8) is 0 Å². The summed E-state index contributed by atoms with van der Waals surface area (Å²) in [5.41, 5.74) is 10.2. The average Bonchev–Trinajstić information content (AvgIpc) is 2.63. The van der Waals surface area contributed by atoms with Crippen LogP contribution in [0.25, 0.3) is 0 Å². The maximum absolute atomic E-state index is 11.1. The molecule has 4 nitrogen and oxygen atoms in total. The van der Waals surface area contributed by atoms with Crippen LogP contribution in [-0.4, -0.2) is 15.5 Å². The third-order valence-electron chi connectivity index (χ3n) is 3.31. The summed E-state index contributed by atoms with van der Waals surface area (Å²) >= 11 is 0. The van der Waals surface area contributed by atoms with Crippen molar-refractivity contribution in [3.05, 3.63) is 52.6 Å². The number of nitrogens with two attached hydrogens (primary N) is 1. The normalized spacial score (nSPS) is 10.6. The fourth-order valence-corrected chi connectivity index (χ4v) is 1.91. The second-order valence-corrected chi connectivity index (χ2v) is 4.55. The topological polar surface area (TPSA) is 60.9 Å². The largest absolute Gasteiger partial charge is 0.366 e. The van der Waals surface area contributed by atoms with Gasteiger partial charge in [0.15, 0.2) is 0 Å². The van der Waals surface area contributed by atoms with E-state index in [1.54, 1.807) is 6.07 Å². The van der Waals surface area contributed by atoms with E-state index < -0.39 is 0 Å². The van der Waals surface area contributed by atoms with Crippen LogP contribution in [0.15, 0.2) is 24.5 Å². The zero-order valence-electron chi connectivity index (χ0n) is 10.9. The molecule has 94 valence electrons. The van der Waals surface area contributed by atoms with E-state index in [2.05, 4.69) is 16.5 Å². The molecule has 0 fully saturated rings. The van der Waals surface area contributed by atoms with Gasteiger partial charge in [0.25, 0.3) is 0 Å². The standard InChI is InChI=1S/C14H17N3O/c1-9-6-12(14(15)18)4-5-13(9)7-17-8-16-10(2)11(17)3/h4-6,8H,7H2,1-3H3,(H2,15,18). The second kappa shape index (κ2) is 4.64. The zero-order chi connectivity index (χ0) is 13.3. The van der Waals surface area contributed by atoms with Gasteiger partial charge in [-0.15, -0.1) is 0 Å². The Morgan fingerprint density at radius 1 is 1.33 bits per heavy atom. The molecule has 0 radical (unpaired) electrons. The Bertz CT molecular complexity index is 599. The minimum Gasteiger partial charge on any atom is -0.366 e. The molecule has 0 saturated carbocycles. The number of imidazole rings is 1. The lowest BCUT2D eigenvalue weighted by Gasteiger charge is -2.09. The number of hydrogen-bond acceptors (Lipinski definition) is 2. The molecule has 0 aliphatic carbocycles. The van der Waals surface area contributed by atoms with E-state index in [4.69, 9.17) is 5.73 Å². The molecule has 0 atom stereocenters. The van der Waals surface area contributed by atoms with E-state index in [1.165, 1.54) is 5.56 Å². The number of carbonyl (C=O) groups excluding carboxylic acids is 1. The number of nitrogens with zero attached hydrogens (tertiary/aromatic N) is 2. The summed E-state index contributed by atoms with van der Waals surface area (Å²) < 4.78 is 2.10. The SMILES string of the molecule is Cc1cc(C(N)=O)ccc1Cn1cnc(C)c1C. The van der Waals surface area contributed by atoms with Crippen molar-refractivity contribution in [1.29, 1.82) is 0 Å². The number of aromatic nitrogens is 2. The zero-order valence-corrected chi connectivity index (χ0v) is 10.9. The summed E-state index contributed by atoms with van der Waals surface area (Å²) in [5, 5.41) is 0. The van der Waals surface area contributed by atoms with Crippen molar-refractivity contribution >= 4 is 5.91 Å². The monoisotopic (exact) mass is 243 g/mol. The van der Waals surface area contributed by atoms with Crippen molar-refractivity contribution in [2.24, 2.45) is 5.73 Å². The van der Waals surface area contributed by atoms with Crippen LogP contribution in [0.2, 0.25) is 0 Å². The molecule has 1 aromatic carbocycles. The van der Waals surface area contributed by atoms with Crippen molar-refractivity contribution in [2.45, 2.75) is 27.3 Å². The molecule has 0 bridgehead atoms. The van der Waals surface area contributed by atoms with Gasteiger partial charge in [-0.3, -0.25) is 4.79 Å². The quantitative estimate of drug-likeness (QED) is 0.895. The van der Waals surface area contributed by atoms with Crippen molar-refractivity contribution < 1.29 is 4.79 Å². The third kappa shape index (κ3) is 2.27. The van der Waals surface area contributed by atoms with Gasteiger partial charge in [-0.25, -0.2) is 4.98 Å². The molecule has 1 heterocycles. The van der Waals surface area contributed by atoms with E-state index in [9.17, 15) is 4.79 Å². The lowest BCUT2D eigenvalue weighted by molar-refractivity contribution is 0.1000. The van der Waals surface area contributed by atoms with E-state index in [0.29, 0.717) is 5.56 Å². The van der Waals surface area contributed by atoms with Crippen molar-refractivity contribution in [2.75, 3.05) is 0 Å². The van der Waals surface area contributed by atoms with Crippen LogP contribution in [0.3, 0.4) is 0 Å². The Kier molecular flexibility index (Phi) is 3.19. The highest BCUT2D eigenvalue weighted by molar-refractivity contribution is 5.93. The van der Waals surface area contributed by atoms with E-state index >= 15 is 0 Å². The maximum Gasteiger partial charge on any atom is 0.248 e. The highest BCUT2D eigenvalue weighted by atomic mass is 16.1. The summed E-state index contributed by atoms with van der Waals surface area (Å²) in [6, 6.07) is 5.55. The van der Waals surface area contributed by atoms with Gasteiger partial charge in [0.2, 0.25) is 5.91 Å². The summed E-state index contributed by atoms with van der Waals surface area (Å²) in [6.45, 7) is 6.79. The van der Waals surface area contributed by atoms with E-state index in [0.717, 1.165) is 23.5 Å². The first kappa shape index (κ1) is 12.4. The molecule has 1 aromatic heterocycles. The molecule has 4 heteroatoms. The first-order valence-corrected chi connectivity index (χ1v) is 5.86. The summed E-state index contributed by atoms with van der Waals surface area (Å²) in [7, 11) is 0. The van der Waals surface area contributed by atoms with Gasteiger partial charge in [0.05, 0.1) is 12.0 Å². The summed E-state index contributed by atoms with van der Waals surface area (Å²) in [6.07, 6.45) is 1.84. The van der Waals surface area contributed by atoms with Gasteiger partial charge in [-0.1, -0.05) is 6.07 Å². The Hall–Kier alpha value is -2.10. The number of amides is 1. The number of hydrogen-bond donors (Lipinski definition) is 1. The molecule has 0 aliphatic rings. The van der Waals surface area contributed by atoms with Gasteiger partial charge in [-0.05, 0) is 44.0 Å². The van der Waals surface area contributed by atoms with Gasteiger partial charge >= 0.3 is 0 Å². The molecule has 2 aromatic rings. The predicted molar refractivity (Wildman–Crippen MR) is 70.5 cm³/mol. The van der Waals surface area contributed by atoms with Crippen LogP contribution in [-0.2, 0) is 6.54 Å². The fraction of sp³-hybridized carbons (Fsp3) is 0.286. The van der Waals surface area contributed by atoms with Crippen molar-refractivity contribution in [3.8, 4) is 0 Å². The molecular weight excluding hydrogens is 226 g/mol. The van der Waals surface area contributed by atoms with Gasteiger partial charge in [0, 0.05) is 17.8 Å².